The SMILES string of the molecule is CC1CC(=O)N(CCCCC[C@@H](C)C(F)(F)F)C1=O. The summed E-state index contributed by atoms with van der Waals surface area (Å²) in [5.41, 5.74) is 0. The molecule has 0 N–H and O–H groups in total. The maximum Gasteiger partial charge on any atom is 0.391 e. The molecular weight excluding hydrogens is 259 g/mol. The number of amides is 2. The Bertz CT molecular complexity index is 341. The molecule has 1 fully saturated rings. The van der Waals surface area contributed by atoms with Crippen LogP contribution in [0.2, 0.25) is 0 Å². The van der Waals surface area contributed by atoms with E-state index in [9.17, 15) is 22.8 Å². The Morgan fingerprint density at radius 2 is 1.89 bits per heavy atom. The van der Waals surface area contributed by atoms with Crippen molar-refractivity contribution in [2.45, 2.75) is 52.1 Å². The monoisotopic (exact) mass is 279 g/mol. The molecule has 1 unspecified atom stereocenters. The molecule has 0 aromatic carbocycles. The maximum atomic E-state index is 12.3. The van der Waals surface area contributed by atoms with Crippen LogP contribution in [-0.4, -0.2) is 29.4 Å². The minimum Gasteiger partial charge on any atom is -0.282 e. The molecule has 2 atom stereocenters. The third-order valence-corrected chi connectivity index (χ3v) is 3.55. The van der Waals surface area contributed by atoms with Crippen LogP contribution in [-0.2, 0) is 9.59 Å². The molecule has 1 saturated heterocycles. The van der Waals surface area contributed by atoms with Gasteiger partial charge in [-0.05, 0) is 12.8 Å². The number of alkyl halides is 3. The second-order valence-electron chi connectivity index (χ2n) is 5.28. The Morgan fingerprint density at radius 1 is 1.26 bits per heavy atom. The van der Waals surface area contributed by atoms with Crippen molar-refractivity contribution in [1.82, 2.24) is 4.90 Å². The largest absolute Gasteiger partial charge is 0.391 e. The summed E-state index contributed by atoms with van der Waals surface area (Å²) >= 11 is 0. The fourth-order valence-corrected chi connectivity index (χ4v) is 2.14. The van der Waals surface area contributed by atoms with Crippen molar-refractivity contribution in [3.63, 3.8) is 0 Å². The number of unbranched alkanes of at least 4 members (excludes halogenated alkanes) is 2. The third kappa shape index (κ3) is 4.51. The van der Waals surface area contributed by atoms with Gasteiger partial charge in [0, 0.05) is 18.9 Å². The standard InChI is InChI=1S/C13H20F3NO2/c1-9-8-11(18)17(12(9)19)7-5-3-4-6-10(2)13(14,15)16/h9-10H,3-8H2,1-2H3/t9?,10-/m1/s1. The zero-order chi connectivity index (χ0) is 14.6. The van der Waals surface area contributed by atoms with Crippen molar-refractivity contribution in [3.8, 4) is 0 Å². The highest BCUT2D eigenvalue weighted by Gasteiger charge is 2.36. The lowest BCUT2D eigenvalue weighted by molar-refractivity contribution is -0.171. The molecule has 0 saturated carbocycles. The van der Waals surface area contributed by atoms with Gasteiger partial charge < -0.3 is 0 Å². The number of rotatable bonds is 6. The van der Waals surface area contributed by atoms with Crippen LogP contribution in [0.5, 0.6) is 0 Å². The first-order chi connectivity index (χ1) is 8.73. The smallest absolute Gasteiger partial charge is 0.282 e. The average molecular weight is 279 g/mol. The van der Waals surface area contributed by atoms with Gasteiger partial charge in [0.05, 0.1) is 5.92 Å². The summed E-state index contributed by atoms with van der Waals surface area (Å²) < 4.78 is 36.8. The maximum absolute atomic E-state index is 12.3. The second kappa shape index (κ2) is 6.39. The summed E-state index contributed by atoms with van der Waals surface area (Å²) in [7, 11) is 0. The van der Waals surface area contributed by atoms with Crippen LogP contribution in [0.25, 0.3) is 0 Å². The molecule has 6 heteroatoms. The lowest BCUT2D eigenvalue weighted by Gasteiger charge is -2.16. The molecule has 1 aliphatic rings. The Hall–Kier alpha value is -1.07. The van der Waals surface area contributed by atoms with Crippen molar-refractivity contribution in [2.75, 3.05) is 6.54 Å². The number of halogens is 3. The molecule has 1 rings (SSSR count). The molecule has 1 aliphatic heterocycles. The van der Waals surface area contributed by atoms with Gasteiger partial charge in [-0.3, -0.25) is 14.5 Å². The van der Waals surface area contributed by atoms with Crippen LogP contribution in [0.3, 0.4) is 0 Å². The predicted molar refractivity (Wildman–Crippen MR) is 64.2 cm³/mol. The zero-order valence-electron chi connectivity index (χ0n) is 11.3. The van der Waals surface area contributed by atoms with Crippen molar-refractivity contribution in [2.24, 2.45) is 11.8 Å². The molecule has 2 amide bonds. The number of carbonyl (C=O) groups is 2. The second-order valence-corrected chi connectivity index (χ2v) is 5.28. The van der Waals surface area contributed by atoms with Gasteiger partial charge in [0.25, 0.3) is 0 Å². The predicted octanol–water partition coefficient (Wildman–Crippen LogP) is 3.14. The molecule has 0 bridgehead atoms. The van der Waals surface area contributed by atoms with Gasteiger partial charge in [-0.1, -0.05) is 26.7 Å². The van der Waals surface area contributed by atoms with Crippen molar-refractivity contribution in [1.29, 1.82) is 0 Å². The molecule has 0 spiro atoms. The number of hydrogen-bond acceptors (Lipinski definition) is 2. The molecule has 0 aromatic rings. The molecule has 0 aliphatic carbocycles. The molecule has 110 valence electrons. The Balaban J connectivity index is 2.18. The van der Waals surface area contributed by atoms with Gasteiger partial charge in [0.15, 0.2) is 0 Å². The highest BCUT2D eigenvalue weighted by molar-refractivity contribution is 6.03. The summed E-state index contributed by atoms with van der Waals surface area (Å²) in [5.74, 6) is -1.87. The van der Waals surface area contributed by atoms with Crippen molar-refractivity contribution in [3.05, 3.63) is 0 Å². The van der Waals surface area contributed by atoms with E-state index in [4.69, 9.17) is 0 Å². The number of nitrogens with zero attached hydrogens (tertiary/aromatic N) is 1. The number of imide groups is 1. The van der Waals surface area contributed by atoms with E-state index in [-0.39, 0.29) is 30.6 Å². The molecule has 0 aromatic heterocycles. The van der Waals surface area contributed by atoms with Crippen LogP contribution in [0, 0.1) is 11.8 Å². The topological polar surface area (TPSA) is 37.4 Å². The summed E-state index contributed by atoms with van der Waals surface area (Å²) in [4.78, 5) is 24.3. The van der Waals surface area contributed by atoms with E-state index in [1.807, 2.05) is 0 Å². The van der Waals surface area contributed by atoms with E-state index >= 15 is 0 Å². The van der Waals surface area contributed by atoms with Gasteiger partial charge >= 0.3 is 6.18 Å². The van der Waals surface area contributed by atoms with Gasteiger partial charge in [-0.2, -0.15) is 13.2 Å². The normalized spacial score (nSPS) is 22.2. The molecular formula is C13H20F3NO2. The quantitative estimate of drug-likeness (QED) is 0.553. The Kier molecular flexibility index (Phi) is 5.38. The lowest BCUT2D eigenvalue weighted by atomic mass is 10.0. The Labute approximate surface area is 111 Å². The minimum atomic E-state index is -4.13. The molecule has 0 radical (unpaired) electrons. The fourth-order valence-electron chi connectivity index (χ4n) is 2.14. The van der Waals surface area contributed by atoms with Gasteiger partial charge in [-0.25, -0.2) is 0 Å². The van der Waals surface area contributed by atoms with E-state index in [0.29, 0.717) is 25.8 Å². The number of carbonyl (C=O) groups excluding carboxylic acids is 2. The highest BCUT2D eigenvalue weighted by Crippen LogP contribution is 2.29. The van der Waals surface area contributed by atoms with Gasteiger partial charge in [0.1, 0.15) is 0 Å². The van der Waals surface area contributed by atoms with Gasteiger partial charge in [0.2, 0.25) is 11.8 Å². The van der Waals surface area contributed by atoms with E-state index < -0.39 is 12.1 Å². The minimum absolute atomic E-state index is 0.0990. The molecule has 1 heterocycles. The van der Waals surface area contributed by atoms with Crippen LogP contribution in [0.4, 0.5) is 13.2 Å². The average Bonchev–Trinajstić information content (AvgIpc) is 2.53. The van der Waals surface area contributed by atoms with Crippen LogP contribution < -0.4 is 0 Å². The summed E-state index contributed by atoms with van der Waals surface area (Å²) in [5, 5.41) is 0. The first-order valence-electron chi connectivity index (χ1n) is 6.64. The van der Waals surface area contributed by atoms with Crippen LogP contribution in [0.15, 0.2) is 0 Å². The van der Waals surface area contributed by atoms with Crippen LogP contribution >= 0.6 is 0 Å². The van der Waals surface area contributed by atoms with E-state index in [0.717, 1.165) is 0 Å². The fraction of sp³-hybridized carbons (Fsp3) is 0.846. The lowest BCUT2D eigenvalue weighted by Crippen LogP contribution is -2.31. The number of hydrogen-bond donors (Lipinski definition) is 0. The van der Waals surface area contributed by atoms with E-state index in [1.54, 1.807) is 6.92 Å². The summed E-state index contributed by atoms with van der Waals surface area (Å²) in [6.07, 6.45) is -2.13. The third-order valence-electron chi connectivity index (χ3n) is 3.55. The zero-order valence-corrected chi connectivity index (χ0v) is 11.3. The Morgan fingerprint density at radius 3 is 2.37 bits per heavy atom. The van der Waals surface area contributed by atoms with E-state index in [1.165, 1.54) is 11.8 Å². The number of likely N-dealkylation sites (tertiary alicyclic amines) is 1. The van der Waals surface area contributed by atoms with Crippen molar-refractivity contribution >= 4 is 11.8 Å². The first-order valence-corrected chi connectivity index (χ1v) is 6.64. The summed E-state index contributed by atoms with van der Waals surface area (Å²) in [6.45, 7) is 3.23. The highest BCUT2D eigenvalue weighted by atomic mass is 19.4. The summed E-state index contributed by atoms with van der Waals surface area (Å²) in [6, 6.07) is 0. The van der Waals surface area contributed by atoms with E-state index in [2.05, 4.69) is 0 Å². The van der Waals surface area contributed by atoms with Crippen molar-refractivity contribution < 1.29 is 22.8 Å². The first kappa shape index (κ1) is 16.0. The molecule has 3 nitrogen and oxygen atoms in total. The van der Waals surface area contributed by atoms with Gasteiger partial charge in [-0.15, -0.1) is 0 Å². The molecule has 19 heavy (non-hydrogen) atoms. The van der Waals surface area contributed by atoms with Crippen LogP contribution in [0.1, 0.15) is 46.0 Å².